The molecule has 2 unspecified atom stereocenters. The lowest BCUT2D eigenvalue weighted by molar-refractivity contribution is -0.153. The van der Waals surface area contributed by atoms with Crippen molar-refractivity contribution >= 4 is 134 Å². The number of carbonyl (C=O) groups excluding carboxylic acids is 10. The van der Waals surface area contributed by atoms with Crippen LogP contribution in [0.4, 0.5) is 0 Å². The maximum atomic E-state index is 14.8. The van der Waals surface area contributed by atoms with E-state index in [0.29, 0.717) is 52.0 Å². The van der Waals surface area contributed by atoms with E-state index < -0.39 is 71.5 Å². The van der Waals surface area contributed by atoms with Crippen molar-refractivity contribution in [3.8, 4) is 0 Å². The Morgan fingerprint density at radius 3 is 1.11 bits per heavy atom. The van der Waals surface area contributed by atoms with Crippen molar-refractivity contribution in [3.63, 3.8) is 0 Å². The van der Waals surface area contributed by atoms with E-state index in [1.165, 1.54) is 13.8 Å². The van der Waals surface area contributed by atoms with Gasteiger partial charge in [0.25, 0.3) is 23.6 Å². The van der Waals surface area contributed by atoms with Crippen LogP contribution < -0.4 is 0 Å². The molecular formula is C56H56Br2N2O16. The van der Waals surface area contributed by atoms with Crippen molar-refractivity contribution in [2.75, 3.05) is 39.6 Å². The van der Waals surface area contributed by atoms with Gasteiger partial charge >= 0.3 is 35.8 Å². The molecule has 2 aliphatic rings. The third-order valence-corrected chi connectivity index (χ3v) is 14.1. The normalized spacial score (nSPS) is 14.0. The monoisotopic (exact) mass is 1170 g/mol. The summed E-state index contributed by atoms with van der Waals surface area (Å²) in [4.78, 5) is 135. The highest BCUT2D eigenvalue weighted by molar-refractivity contribution is 9.11. The van der Waals surface area contributed by atoms with Crippen LogP contribution in [0.5, 0.6) is 0 Å². The lowest BCUT2D eigenvalue weighted by atomic mass is 9.81. The standard InChI is InChI=1S/C56H56Br2N2O16/c1-27(2)21-31(25-75-43(63)15-13-41(61)71-17-19-73-55(69)29(5)6)59-51(65)35-11-9-33-48-40(58)24-38-46-36(12-10-34(50(46)48)47-39(57)23-37(53(59)67)45(35)49(33)47)52(66)60(54(38)68)32(22-28(3)4)26-76-44(64)16-14-42(62)72-18-20-74-56(70)30(7)8/h9-12,23-24,27-28,31-32H,5,7,13-22,25-26H2,1-4,6,8H3. The number of rotatable bonds is 24. The number of hydrogen-bond acceptors (Lipinski definition) is 16. The van der Waals surface area contributed by atoms with Crippen molar-refractivity contribution in [2.24, 2.45) is 11.8 Å². The molecule has 2 aliphatic heterocycles. The second-order valence-corrected chi connectivity index (χ2v) is 21.3. The maximum absolute atomic E-state index is 14.8. The highest BCUT2D eigenvalue weighted by atomic mass is 79.9. The highest BCUT2D eigenvalue weighted by Crippen LogP contribution is 2.51. The number of benzene rings is 5. The van der Waals surface area contributed by atoms with Crippen molar-refractivity contribution in [2.45, 2.75) is 92.2 Å². The first kappa shape index (κ1) is 56.7. The Labute approximate surface area is 453 Å². The smallest absolute Gasteiger partial charge is 0.333 e. The number of ether oxygens (including phenoxy) is 6. The Hall–Kier alpha value is -7.06. The Bertz CT molecular complexity index is 3070. The lowest BCUT2D eigenvalue weighted by Crippen LogP contribution is -2.50. The molecule has 7 rings (SSSR count). The van der Waals surface area contributed by atoms with Gasteiger partial charge in [-0.25, -0.2) is 9.59 Å². The van der Waals surface area contributed by atoms with Gasteiger partial charge in [-0.15, -0.1) is 0 Å². The first-order valence-electron chi connectivity index (χ1n) is 24.6. The number of carbonyl (C=O) groups is 10. The van der Waals surface area contributed by atoms with Crippen LogP contribution in [0, 0.1) is 11.8 Å². The molecule has 0 fully saturated rings. The van der Waals surface area contributed by atoms with Gasteiger partial charge in [0.15, 0.2) is 0 Å². The average molecular weight is 1170 g/mol. The Kier molecular flexibility index (Phi) is 17.8. The van der Waals surface area contributed by atoms with Gasteiger partial charge in [0.1, 0.15) is 39.6 Å². The number of esters is 6. The van der Waals surface area contributed by atoms with Gasteiger partial charge < -0.3 is 28.4 Å². The molecule has 5 aromatic carbocycles. The average Bonchev–Trinajstić information content (AvgIpc) is 3.36. The first-order valence-corrected chi connectivity index (χ1v) is 26.2. The van der Waals surface area contributed by atoms with Crippen molar-refractivity contribution in [1.29, 1.82) is 0 Å². The number of imide groups is 2. The highest BCUT2D eigenvalue weighted by Gasteiger charge is 2.42. The number of hydrogen-bond donors (Lipinski definition) is 0. The number of halogens is 2. The molecule has 0 saturated carbocycles. The van der Waals surface area contributed by atoms with Crippen LogP contribution in [0.1, 0.15) is 121 Å². The minimum atomic E-state index is -0.879. The van der Waals surface area contributed by atoms with E-state index in [0.717, 1.165) is 9.80 Å². The molecule has 0 aromatic heterocycles. The minimum Gasteiger partial charge on any atom is -0.463 e. The van der Waals surface area contributed by atoms with E-state index in [1.807, 2.05) is 27.7 Å². The van der Waals surface area contributed by atoms with E-state index in [4.69, 9.17) is 28.4 Å². The summed E-state index contributed by atoms with van der Waals surface area (Å²) in [5.41, 5.74) is 1.31. The zero-order valence-corrected chi connectivity index (χ0v) is 46.0. The molecule has 0 saturated heterocycles. The molecule has 0 N–H and O–H groups in total. The van der Waals surface area contributed by atoms with Crippen LogP contribution in [-0.2, 0) is 57.2 Å². The predicted octanol–water partition coefficient (Wildman–Crippen LogP) is 9.26. The third-order valence-electron chi connectivity index (χ3n) is 12.8. The van der Waals surface area contributed by atoms with E-state index in [-0.39, 0.29) is 123 Å². The molecule has 400 valence electrons. The largest absolute Gasteiger partial charge is 0.463 e. The molecule has 4 amide bonds. The summed E-state index contributed by atoms with van der Waals surface area (Å²) in [5, 5.41) is 4.54. The lowest BCUT2D eigenvalue weighted by Gasteiger charge is -2.36. The molecule has 18 nitrogen and oxygen atoms in total. The molecular weight excluding hydrogens is 1120 g/mol. The molecule has 0 bridgehead atoms. The molecule has 0 spiro atoms. The Morgan fingerprint density at radius 2 is 0.776 bits per heavy atom. The van der Waals surface area contributed by atoms with Crippen LogP contribution in [0.25, 0.3) is 43.1 Å². The van der Waals surface area contributed by atoms with Crippen molar-refractivity contribution in [1.82, 2.24) is 9.80 Å². The second-order valence-electron chi connectivity index (χ2n) is 19.6. The fraction of sp³-hybridized carbons (Fsp3) is 0.393. The molecule has 2 heterocycles. The Morgan fingerprint density at radius 1 is 0.461 bits per heavy atom. The third kappa shape index (κ3) is 11.8. The summed E-state index contributed by atoms with van der Waals surface area (Å²) in [5.74, 6) is -6.67. The van der Waals surface area contributed by atoms with Crippen LogP contribution in [0.15, 0.2) is 69.6 Å². The van der Waals surface area contributed by atoms with E-state index in [2.05, 4.69) is 45.0 Å². The summed E-state index contributed by atoms with van der Waals surface area (Å²) in [6, 6.07) is 8.36. The molecule has 2 atom stereocenters. The molecule has 20 heteroatoms. The zero-order chi connectivity index (χ0) is 55.4. The van der Waals surface area contributed by atoms with Gasteiger partial charge in [0.2, 0.25) is 0 Å². The predicted molar refractivity (Wildman–Crippen MR) is 284 cm³/mol. The van der Waals surface area contributed by atoms with E-state index in [1.54, 1.807) is 36.4 Å². The minimum absolute atomic E-state index is 0.0445. The van der Waals surface area contributed by atoms with Crippen molar-refractivity contribution < 1.29 is 76.4 Å². The molecule has 76 heavy (non-hydrogen) atoms. The van der Waals surface area contributed by atoms with Crippen LogP contribution >= 0.6 is 31.9 Å². The van der Waals surface area contributed by atoms with E-state index >= 15 is 0 Å². The summed E-state index contributed by atoms with van der Waals surface area (Å²) >= 11 is 7.52. The van der Waals surface area contributed by atoms with E-state index in [9.17, 15) is 47.9 Å². The Balaban J connectivity index is 1.13. The summed E-state index contributed by atoms with van der Waals surface area (Å²) in [6.07, 6.45) is -0.739. The van der Waals surface area contributed by atoms with Crippen LogP contribution in [-0.4, -0.2) is 121 Å². The van der Waals surface area contributed by atoms with Crippen LogP contribution in [0.2, 0.25) is 0 Å². The first-order chi connectivity index (χ1) is 36.0. The van der Waals surface area contributed by atoms with Gasteiger partial charge in [-0.05, 0) is 73.6 Å². The van der Waals surface area contributed by atoms with Crippen molar-refractivity contribution in [3.05, 3.63) is 91.9 Å². The van der Waals surface area contributed by atoms with Gasteiger partial charge in [-0.2, -0.15) is 0 Å². The topological polar surface area (TPSA) is 233 Å². The number of fused-ring (bicyclic) bond motifs is 2. The maximum Gasteiger partial charge on any atom is 0.333 e. The number of nitrogens with zero attached hydrogens (tertiary/aromatic N) is 2. The van der Waals surface area contributed by atoms with Gasteiger partial charge in [-0.1, -0.05) is 84.8 Å². The summed E-state index contributed by atoms with van der Waals surface area (Å²) in [7, 11) is 0. The summed E-state index contributed by atoms with van der Waals surface area (Å²) in [6.45, 7) is 16.1. The van der Waals surface area contributed by atoms with Crippen LogP contribution in [0.3, 0.4) is 0 Å². The van der Waals surface area contributed by atoms with Gasteiger partial charge in [0.05, 0.1) is 37.8 Å². The fourth-order valence-corrected chi connectivity index (χ4v) is 10.8. The molecule has 0 radical (unpaired) electrons. The second kappa shape index (κ2) is 23.9. The van der Waals surface area contributed by atoms with Gasteiger partial charge in [0, 0.05) is 74.7 Å². The summed E-state index contributed by atoms with van der Waals surface area (Å²) < 4.78 is 32.0. The zero-order valence-electron chi connectivity index (χ0n) is 42.9. The molecule has 0 aliphatic carbocycles. The molecule has 5 aromatic rings. The SMILES string of the molecule is C=C(C)C(=O)OCCOC(=O)CCC(=O)OCC(CC(C)C)N1C(=O)c2ccc3c4c(Br)cc5c6c(ccc(c7c(Br)cc(c2c37)C1=O)c64)C(=O)N(C(COC(=O)CCC(=O)OCCOC(=O)C(=C)C)CC(C)C)C5=O. The van der Waals surface area contributed by atoms with Gasteiger partial charge in [-0.3, -0.25) is 48.2 Å². The quantitative estimate of drug-likeness (QED) is 0.0106. The fourth-order valence-electron chi connectivity index (χ4n) is 9.55. The number of amides is 4.